The second kappa shape index (κ2) is 6.37. The Labute approximate surface area is 126 Å². The summed E-state index contributed by atoms with van der Waals surface area (Å²) in [5, 5.41) is 0.700. The van der Waals surface area contributed by atoms with Gasteiger partial charge in [-0.2, -0.15) is 0 Å². The number of hydrogen-bond acceptors (Lipinski definition) is 4. The Morgan fingerprint density at radius 3 is 2.50 bits per heavy atom. The van der Waals surface area contributed by atoms with E-state index in [1.165, 1.54) is 11.3 Å². The highest BCUT2D eigenvalue weighted by molar-refractivity contribution is 7.97. The molecule has 1 aromatic rings. The molecule has 0 atom stereocenters. The molecule has 2 heterocycles. The van der Waals surface area contributed by atoms with Crippen LogP contribution in [0.15, 0.2) is 24.3 Å². The maximum Gasteiger partial charge on any atom is 0.0662 e. The predicted octanol–water partition coefficient (Wildman–Crippen LogP) is 2.98. The summed E-state index contributed by atoms with van der Waals surface area (Å²) >= 11 is 1.99. The van der Waals surface area contributed by atoms with Gasteiger partial charge in [-0.1, -0.05) is 37.9 Å². The Hall–Kier alpha value is -0.710. The normalized spacial score (nSPS) is 21.2. The summed E-state index contributed by atoms with van der Waals surface area (Å²) in [5.41, 5.74) is 2.82. The summed E-state index contributed by atoms with van der Waals surface area (Å²) < 4.78 is 7.75. The fourth-order valence-electron chi connectivity index (χ4n) is 2.62. The zero-order valence-corrected chi connectivity index (χ0v) is 13.2. The first-order valence-electron chi connectivity index (χ1n) is 7.57. The molecule has 2 aliphatic rings. The van der Waals surface area contributed by atoms with E-state index in [-0.39, 0.29) is 0 Å². The standard InChI is InChI=1S/C16H24N2OS/c1-13(2)14-4-3-5-15(10-14)17-6-8-18(9-7-17)20-16-11-19-12-16/h3-5,10,13,16H,6-9,11-12H2,1-2H3. The molecule has 0 spiro atoms. The Bertz CT molecular complexity index is 440. The molecule has 0 unspecified atom stereocenters. The van der Waals surface area contributed by atoms with Gasteiger partial charge in [-0.15, -0.1) is 0 Å². The van der Waals surface area contributed by atoms with Gasteiger partial charge in [0.25, 0.3) is 0 Å². The van der Waals surface area contributed by atoms with Gasteiger partial charge in [0.15, 0.2) is 0 Å². The highest BCUT2D eigenvalue weighted by atomic mass is 32.2. The van der Waals surface area contributed by atoms with Crippen LogP contribution >= 0.6 is 11.9 Å². The quantitative estimate of drug-likeness (QED) is 0.793. The SMILES string of the molecule is CC(C)c1cccc(N2CCN(SC3COC3)CC2)c1. The van der Waals surface area contributed by atoms with Gasteiger partial charge in [0.1, 0.15) is 0 Å². The van der Waals surface area contributed by atoms with Crippen LogP contribution in [-0.4, -0.2) is 48.9 Å². The van der Waals surface area contributed by atoms with Crippen LogP contribution < -0.4 is 4.90 Å². The van der Waals surface area contributed by atoms with Crippen LogP contribution in [0.5, 0.6) is 0 Å². The lowest BCUT2D eigenvalue weighted by atomic mass is 10.0. The summed E-state index contributed by atoms with van der Waals surface area (Å²) in [6.07, 6.45) is 0. The molecule has 0 aliphatic carbocycles. The van der Waals surface area contributed by atoms with Crippen LogP contribution in [0.1, 0.15) is 25.3 Å². The summed E-state index contributed by atoms with van der Waals surface area (Å²) in [4.78, 5) is 2.51. The average Bonchev–Trinajstić information content (AvgIpc) is 2.44. The van der Waals surface area contributed by atoms with Crippen molar-refractivity contribution < 1.29 is 4.74 Å². The van der Waals surface area contributed by atoms with Crippen molar-refractivity contribution in [1.29, 1.82) is 0 Å². The van der Waals surface area contributed by atoms with E-state index in [4.69, 9.17) is 4.74 Å². The minimum Gasteiger partial charge on any atom is -0.379 e. The monoisotopic (exact) mass is 292 g/mol. The van der Waals surface area contributed by atoms with Gasteiger partial charge in [0.2, 0.25) is 0 Å². The molecule has 0 aromatic heterocycles. The van der Waals surface area contributed by atoms with Crippen molar-refractivity contribution in [2.75, 3.05) is 44.3 Å². The van der Waals surface area contributed by atoms with Gasteiger partial charge < -0.3 is 9.64 Å². The van der Waals surface area contributed by atoms with Gasteiger partial charge in [-0.3, -0.25) is 0 Å². The van der Waals surface area contributed by atoms with Gasteiger partial charge in [-0.25, -0.2) is 4.31 Å². The van der Waals surface area contributed by atoms with Crippen LogP contribution in [-0.2, 0) is 4.74 Å². The third-order valence-corrected chi connectivity index (χ3v) is 5.28. The number of hydrogen-bond donors (Lipinski definition) is 0. The van der Waals surface area contributed by atoms with E-state index in [1.807, 2.05) is 11.9 Å². The largest absolute Gasteiger partial charge is 0.379 e. The molecule has 4 heteroatoms. The first kappa shape index (κ1) is 14.2. The van der Waals surface area contributed by atoms with E-state index < -0.39 is 0 Å². The van der Waals surface area contributed by atoms with Crippen LogP contribution in [0, 0.1) is 0 Å². The van der Waals surface area contributed by atoms with Crippen molar-refractivity contribution in [1.82, 2.24) is 4.31 Å². The van der Waals surface area contributed by atoms with Crippen molar-refractivity contribution >= 4 is 17.6 Å². The van der Waals surface area contributed by atoms with Crippen molar-refractivity contribution in [2.24, 2.45) is 0 Å². The number of anilines is 1. The minimum atomic E-state index is 0.602. The molecular weight excluding hydrogens is 268 g/mol. The van der Waals surface area contributed by atoms with Gasteiger partial charge in [0.05, 0.1) is 18.5 Å². The number of piperazine rings is 1. The first-order valence-corrected chi connectivity index (χ1v) is 8.40. The van der Waals surface area contributed by atoms with E-state index in [2.05, 4.69) is 47.3 Å². The molecule has 3 rings (SSSR count). The van der Waals surface area contributed by atoms with Gasteiger partial charge in [0, 0.05) is 31.9 Å². The van der Waals surface area contributed by atoms with E-state index >= 15 is 0 Å². The maximum atomic E-state index is 5.24. The van der Waals surface area contributed by atoms with Crippen LogP contribution in [0.3, 0.4) is 0 Å². The topological polar surface area (TPSA) is 15.7 Å². The second-order valence-corrected chi connectivity index (χ2v) is 7.32. The van der Waals surface area contributed by atoms with Crippen LogP contribution in [0.4, 0.5) is 5.69 Å². The van der Waals surface area contributed by atoms with Crippen molar-refractivity contribution in [3.63, 3.8) is 0 Å². The zero-order chi connectivity index (χ0) is 13.9. The molecule has 0 amide bonds. The van der Waals surface area contributed by atoms with Gasteiger partial charge in [-0.05, 0) is 23.6 Å². The molecular formula is C16H24N2OS. The summed E-state index contributed by atoms with van der Waals surface area (Å²) in [5.74, 6) is 0.602. The fraction of sp³-hybridized carbons (Fsp3) is 0.625. The Kier molecular flexibility index (Phi) is 4.54. The maximum absolute atomic E-state index is 5.24. The highest BCUT2D eigenvalue weighted by Gasteiger charge is 2.25. The molecule has 0 radical (unpaired) electrons. The summed E-state index contributed by atoms with van der Waals surface area (Å²) in [6.45, 7) is 10.9. The molecule has 0 saturated carbocycles. The smallest absolute Gasteiger partial charge is 0.0662 e. The van der Waals surface area contributed by atoms with E-state index in [9.17, 15) is 0 Å². The third kappa shape index (κ3) is 3.30. The number of benzene rings is 1. The fourth-order valence-corrected chi connectivity index (χ4v) is 3.73. The number of ether oxygens (including phenoxy) is 1. The van der Waals surface area contributed by atoms with Crippen molar-refractivity contribution in [3.05, 3.63) is 29.8 Å². The predicted molar refractivity (Wildman–Crippen MR) is 86.5 cm³/mol. The lowest BCUT2D eigenvalue weighted by molar-refractivity contribution is 0.0440. The number of rotatable bonds is 4. The minimum absolute atomic E-state index is 0.602. The third-order valence-electron chi connectivity index (χ3n) is 4.05. The molecule has 2 saturated heterocycles. The average molecular weight is 292 g/mol. The summed E-state index contributed by atoms with van der Waals surface area (Å²) in [7, 11) is 0. The highest BCUT2D eigenvalue weighted by Crippen LogP contribution is 2.27. The zero-order valence-electron chi connectivity index (χ0n) is 12.4. The van der Waals surface area contributed by atoms with E-state index in [0.29, 0.717) is 11.2 Å². The van der Waals surface area contributed by atoms with Crippen LogP contribution in [0.25, 0.3) is 0 Å². The molecule has 0 N–H and O–H groups in total. The Morgan fingerprint density at radius 2 is 1.90 bits per heavy atom. The molecule has 1 aromatic carbocycles. The van der Waals surface area contributed by atoms with Gasteiger partial charge >= 0.3 is 0 Å². The van der Waals surface area contributed by atoms with Crippen molar-refractivity contribution in [3.8, 4) is 0 Å². The molecule has 2 fully saturated rings. The number of nitrogens with zero attached hydrogens (tertiary/aromatic N) is 2. The lowest BCUT2D eigenvalue weighted by Gasteiger charge is -2.38. The molecule has 0 bridgehead atoms. The lowest BCUT2D eigenvalue weighted by Crippen LogP contribution is -2.45. The molecule has 110 valence electrons. The summed E-state index contributed by atoms with van der Waals surface area (Å²) in [6, 6.07) is 9.02. The van der Waals surface area contributed by atoms with Crippen molar-refractivity contribution in [2.45, 2.75) is 25.0 Å². The Balaban J connectivity index is 1.55. The second-order valence-electron chi connectivity index (χ2n) is 5.93. The van der Waals surface area contributed by atoms with E-state index in [1.54, 1.807) is 0 Å². The molecule has 20 heavy (non-hydrogen) atoms. The first-order chi connectivity index (χ1) is 9.72. The van der Waals surface area contributed by atoms with Crippen LogP contribution in [0.2, 0.25) is 0 Å². The Morgan fingerprint density at radius 1 is 1.15 bits per heavy atom. The van der Waals surface area contributed by atoms with E-state index in [0.717, 1.165) is 39.4 Å². The molecule has 2 aliphatic heterocycles. The molecule has 3 nitrogen and oxygen atoms in total.